The average Bonchev–Trinajstić information content (AvgIpc) is 3.22. The van der Waals surface area contributed by atoms with Crippen LogP contribution in [0, 0.1) is 11.6 Å². The van der Waals surface area contributed by atoms with Crippen molar-refractivity contribution in [3.63, 3.8) is 0 Å². The van der Waals surface area contributed by atoms with E-state index in [1.807, 2.05) is 36.4 Å². The molecule has 2 amide bonds. The van der Waals surface area contributed by atoms with E-state index in [0.717, 1.165) is 4.90 Å². The van der Waals surface area contributed by atoms with Gasteiger partial charge in [-0.1, -0.05) is 60.7 Å². The van der Waals surface area contributed by atoms with E-state index in [1.165, 1.54) is 42.5 Å². The SMILES string of the molecule is NC(C(=O)N1CCOC1=O)C(c1ccc(F)cc1)c1cccc(F)c1.c1ccccc1. The van der Waals surface area contributed by atoms with Crippen molar-refractivity contribution in [3.05, 3.63) is 108 Å². The topological polar surface area (TPSA) is 72.6 Å². The van der Waals surface area contributed by atoms with Crippen LogP contribution in [0.2, 0.25) is 0 Å². The van der Waals surface area contributed by atoms with Crippen LogP contribution < -0.4 is 5.73 Å². The molecule has 31 heavy (non-hydrogen) atoms. The second-order valence-corrected chi connectivity index (χ2v) is 6.87. The Morgan fingerprint density at radius 2 is 1.48 bits per heavy atom. The average molecular weight is 424 g/mol. The van der Waals surface area contributed by atoms with Gasteiger partial charge in [-0.15, -0.1) is 0 Å². The highest BCUT2D eigenvalue weighted by Gasteiger charge is 2.36. The van der Waals surface area contributed by atoms with Crippen LogP contribution in [-0.2, 0) is 9.53 Å². The van der Waals surface area contributed by atoms with Crippen molar-refractivity contribution < 1.29 is 23.1 Å². The summed E-state index contributed by atoms with van der Waals surface area (Å²) < 4.78 is 31.7. The van der Waals surface area contributed by atoms with Crippen LogP contribution in [0.4, 0.5) is 13.6 Å². The fourth-order valence-electron chi connectivity index (χ4n) is 3.28. The summed E-state index contributed by atoms with van der Waals surface area (Å²) in [6.07, 6.45) is -0.752. The van der Waals surface area contributed by atoms with Crippen LogP contribution in [0.5, 0.6) is 0 Å². The first-order valence-corrected chi connectivity index (χ1v) is 9.72. The van der Waals surface area contributed by atoms with E-state index >= 15 is 0 Å². The maximum Gasteiger partial charge on any atom is 0.416 e. The van der Waals surface area contributed by atoms with Crippen LogP contribution in [0.15, 0.2) is 84.9 Å². The number of amides is 2. The molecular formula is C24H22F2N2O3. The van der Waals surface area contributed by atoms with E-state index in [2.05, 4.69) is 0 Å². The van der Waals surface area contributed by atoms with Crippen molar-refractivity contribution in [2.75, 3.05) is 13.2 Å². The molecule has 2 unspecified atom stereocenters. The van der Waals surface area contributed by atoms with Crippen molar-refractivity contribution in [2.45, 2.75) is 12.0 Å². The number of nitrogens with zero attached hydrogens (tertiary/aromatic N) is 1. The molecule has 0 spiro atoms. The number of carbonyl (C=O) groups is 2. The van der Waals surface area contributed by atoms with Crippen molar-refractivity contribution >= 4 is 12.0 Å². The maximum atomic E-state index is 13.7. The molecule has 1 aliphatic rings. The van der Waals surface area contributed by atoms with E-state index in [4.69, 9.17) is 10.5 Å². The summed E-state index contributed by atoms with van der Waals surface area (Å²) in [6, 6.07) is 22.0. The van der Waals surface area contributed by atoms with Gasteiger partial charge >= 0.3 is 6.09 Å². The first kappa shape index (κ1) is 22.1. The number of carbonyl (C=O) groups excluding carboxylic acids is 2. The predicted octanol–water partition coefficient (Wildman–Crippen LogP) is 4.09. The molecule has 1 fully saturated rings. The first-order chi connectivity index (χ1) is 15.0. The minimum absolute atomic E-state index is 0.110. The van der Waals surface area contributed by atoms with E-state index in [-0.39, 0.29) is 13.2 Å². The molecule has 7 heteroatoms. The van der Waals surface area contributed by atoms with E-state index in [1.54, 1.807) is 6.07 Å². The van der Waals surface area contributed by atoms with Gasteiger partial charge < -0.3 is 10.5 Å². The van der Waals surface area contributed by atoms with Crippen LogP contribution in [0.1, 0.15) is 17.0 Å². The molecule has 0 bridgehead atoms. The number of cyclic esters (lactones) is 1. The standard InChI is InChI=1S/C18H16F2N2O3.C6H6/c19-13-6-4-11(5-7-13)15(12-2-1-3-14(20)10-12)16(21)17(23)22-8-9-25-18(22)24;1-2-4-6-5-3-1/h1-7,10,15-16H,8-9,21H2;1-6H. The van der Waals surface area contributed by atoms with Crippen LogP contribution in [0.25, 0.3) is 0 Å². The summed E-state index contributed by atoms with van der Waals surface area (Å²) in [5.74, 6) is -2.28. The summed E-state index contributed by atoms with van der Waals surface area (Å²) in [4.78, 5) is 25.2. The summed E-state index contributed by atoms with van der Waals surface area (Å²) in [7, 11) is 0. The number of nitrogens with two attached hydrogens (primary N) is 1. The fourth-order valence-corrected chi connectivity index (χ4v) is 3.28. The number of imide groups is 1. The maximum absolute atomic E-state index is 13.7. The van der Waals surface area contributed by atoms with Gasteiger partial charge in [-0.2, -0.15) is 0 Å². The van der Waals surface area contributed by atoms with Crippen molar-refractivity contribution in [2.24, 2.45) is 5.73 Å². The lowest BCUT2D eigenvalue weighted by molar-refractivity contribution is -0.129. The molecule has 0 saturated carbocycles. The molecule has 4 rings (SSSR count). The highest BCUT2D eigenvalue weighted by molar-refractivity contribution is 5.96. The van der Waals surface area contributed by atoms with Crippen LogP contribution in [-0.4, -0.2) is 36.1 Å². The Hall–Kier alpha value is -3.58. The molecule has 0 radical (unpaired) electrons. The summed E-state index contributed by atoms with van der Waals surface area (Å²) in [5.41, 5.74) is 7.14. The second-order valence-electron chi connectivity index (χ2n) is 6.87. The van der Waals surface area contributed by atoms with Crippen molar-refractivity contribution in [3.8, 4) is 0 Å². The van der Waals surface area contributed by atoms with E-state index < -0.39 is 35.6 Å². The second kappa shape index (κ2) is 10.4. The Balaban J connectivity index is 0.000000391. The lowest BCUT2D eigenvalue weighted by Gasteiger charge is -2.26. The Bertz CT molecular complexity index is 986. The van der Waals surface area contributed by atoms with Crippen LogP contribution in [0.3, 0.4) is 0 Å². The fraction of sp³-hybridized carbons (Fsp3) is 0.167. The summed E-state index contributed by atoms with van der Waals surface area (Å²) >= 11 is 0. The van der Waals surface area contributed by atoms with E-state index in [9.17, 15) is 18.4 Å². The highest BCUT2D eigenvalue weighted by atomic mass is 19.1. The number of hydrogen-bond acceptors (Lipinski definition) is 4. The Labute approximate surface area is 179 Å². The molecular weight excluding hydrogens is 402 g/mol. The molecule has 5 nitrogen and oxygen atoms in total. The van der Waals surface area contributed by atoms with Gasteiger partial charge in [0.15, 0.2) is 0 Å². The normalized spacial score (nSPS) is 14.8. The first-order valence-electron chi connectivity index (χ1n) is 9.72. The largest absolute Gasteiger partial charge is 0.447 e. The number of benzene rings is 3. The lowest BCUT2D eigenvalue weighted by Crippen LogP contribution is -2.47. The lowest BCUT2D eigenvalue weighted by atomic mass is 9.84. The Morgan fingerprint density at radius 1 is 0.871 bits per heavy atom. The number of rotatable bonds is 4. The number of halogens is 2. The summed E-state index contributed by atoms with van der Waals surface area (Å²) in [6.45, 7) is 0.225. The van der Waals surface area contributed by atoms with Crippen LogP contribution >= 0.6 is 0 Å². The number of ether oxygens (including phenoxy) is 1. The predicted molar refractivity (Wildman–Crippen MR) is 112 cm³/mol. The van der Waals surface area contributed by atoms with Gasteiger partial charge in [0.25, 0.3) is 0 Å². The molecule has 2 N–H and O–H groups in total. The third-order valence-corrected chi connectivity index (χ3v) is 4.77. The van der Waals surface area contributed by atoms with Gasteiger partial charge in [0, 0.05) is 5.92 Å². The number of hydrogen-bond donors (Lipinski definition) is 1. The van der Waals surface area contributed by atoms with Gasteiger partial charge in [-0.3, -0.25) is 4.79 Å². The third kappa shape index (κ3) is 5.73. The zero-order valence-corrected chi connectivity index (χ0v) is 16.7. The molecule has 1 saturated heterocycles. The Kier molecular flexibility index (Phi) is 7.45. The molecule has 0 aromatic heterocycles. The molecule has 1 heterocycles. The Morgan fingerprint density at radius 3 is 2.00 bits per heavy atom. The van der Waals surface area contributed by atoms with E-state index in [0.29, 0.717) is 11.1 Å². The third-order valence-electron chi connectivity index (χ3n) is 4.77. The zero-order valence-electron chi connectivity index (χ0n) is 16.7. The zero-order chi connectivity index (χ0) is 22.2. The smallest absolute Gasteiger partial charge is 0.416 e. The highest BCUT2D eigenvalue weighted by Crippen LogP contribution is 2.29. The van der Waals surface area contributed by atoms with Gasteiger partial charge in [0.1, 0.15) is 18.2 Å². The van der Waals surface area contributed by atoms with Gasteiger partial charge in [-0.25, -0.2) is 18.5 Å². The summed E-state index contributed by atoms with van der Waals surface area (Å²) in [5, 5.41) is 0. The van der Waals surface area contributed by atoms with Gasteiger partial charge in [0.2, 0.25) is 5.91 Å². The molecule has 2 atom stereocenters. The van der Waals surface area contributed by atoms with Gasteiger partial charge in [0.05, 0.1) is 12.6 Å². The monoisotopic (exact) mass is 424 g/mol. The minimum atomic E-state index is -1.15. The van der Waals surface area contributed by atoms with Crippen molar-refractivity contribution in [1.29, 1.82) is 0 Å². The van der Waals surface area contributed by atoms with Gasteiger partial charge in [-0.05, 0) is 35.4 Å². The molecule has 160 valence electrons. The quantitative estimate of drug-likeness (QED) is 0.685. The molecule has 1 aliphatic heterocycles. The minimum Gasteiger partial charge on any atom is -0.447 e. The molecule has 3 aromatic rings. The molecule has 0 aliphatic carbocycles. The molecule has 3 aromatic carbocycles. The van der Waals surface area contributed by atoms with Crippen molar-refractivity contribution in [1.82, 2.24) is 4.90 Å².